The lowest BCUT2D eigenvalue weighted by Gasteiger charge is -2.35. The number of pyridine rings is 1. The Morgan fingerprint density at radius 3 is 2.63 bits per heavy atom. The highest BCUT2D eigenvalue weighted by Crippen LogP contribution is 2.20. The Morgan fingerprint density at radius 1 is 0.943 bits per heavy atom. The highest BCUT2D eigenvalue weighted by atomic mass is 16.2. The Labute approximate surface area is 200 Å². The van der Waals surface area contributed by atoms with E-state index in [9.17, 15) is 9.59 Å². The van der Waals surface area contributed by atoms with Crippen molar-refractivity contribution in [1.29, 1.82) is 0 Å². The second-order valence-corrected chi connectivity index (χ2v) is 8.64. The summed E-state index contributed by atoms with van der Waals surface area (Å²) in [5.74, 6) is 0.890. The molecule has 1 aliphatic heterocycles. The zero-order valence-electron chi connectivity index (χ0n) is 18.9. The molecule has 0 radical (unpaired) electrons. The quantitative estimate of drug-likeness (QED) is 0.422. The van der Waals surface area contributed by atoms with Crippen molar-refractivity contribution < 1.29 is 4.79 Å². The fourth-order valence-electron chi connectivity index (χ4n) is 4.62. The first-order valence-electron chi connectivity index (χ1n) is 11.6. The van der Waals surface area contributed by atoms with Crippen LogP contribution in [0.1, 0.15) is 21.6 Å². The normalized spacial score (nSPS) is 14.1. The molecule has 9 heteroatoms. The van der Waals surface area contributed by atoms with Crippen molar-refractivity contribution in [2.45, 2.75) is 6.42 Å². The van der Waals surface area contributed by atoms with Gasteiger partial charge in [-0.3, -0.25) is 9.59 Å². The molecular weight excluding hydrogens is 442 g/mol. The van der Waals surface area contributed by atoms with Gasteiger partial charge in [-0.15, -0.1) is 0 Å². The molecule has 9 nitrogen and oxygen atoms in total. The molecule has 1 fully saturated rings. The number of nitrogens with zero attached hydrogens (tertiary/aromatic N) is 5. The smallest absolute Gasteiger partial charge is 0.272 e. The molecule has 1 aliphatic rings. The van der Waals surface area contributed by atoms with Gasteiger partial charge in [0.1, 0.15) is 5.82 Å². The van der Waals surface area contributed by atoms with Gasteiger partial charge in [-0.05, 0) is 35.9 Å². The number of benzene rings is 2. The molecule has 0 bridgehead atoms. The summed E-state index contributed by atoms with van der Waals surface area (Å²) in [5, 5.41) is 8.29. The number of carbonyl (C=O) groups excluding carboxylic acids is 1. The number of nitrogens with one attached hydrogen (secondary N) is 2. The van der Waals surface area contributed by atoms with Crippen LogP contribution in [-0.4, -0.2) is 62.1 Å². The van der Waals surface area contributed by atoms with Crippen molar-refractivity contribution in [3.63, 3.8) is 0 Å². The lowest BCUT2D eigenvalue weighted by Crippen LogP contribution is -2.49. The Balaban J connectivity index is 1.16. The molecule has 35 heavy (non-hydrogen) atoms. The number of rotatable bonds is 4. The van der Waals surface area contributed by atoms with Crippen molar-refractivity contribution >= 4 is 33.7 Å². The Hall–Kier alpha value is -4.53. The summed E-state index contributed by atoms with van der Waals surface area (Å²) in [4.78, 5) is 41.3. The second-order valence-electron chi connectivity index (χ2n) is 8.64. The number of hydrogen-bond acceptors (Lipinski definition) is 6. The standard InChI is InChI=1S/C26H23N7O2/c34-25-20-7-2-1-6-19(20)22(30-31-25)15-17-4-3-5-18(14-17)26(35)33-12-10-32(11-13-33)23-9-8-21-24(29-23)28-16-27-21/h1-9,14,16H,10-13,15H2,(H,31,34)(H,27,28,29). The maximum atomic E-state index is 13.3. The molecule has 1 amide bonds. The van der Waals surface area contributed by atoms with Crippen molar-refractivity contribution in [2.75, 3.05) is 31.1 Å². The highest BCUT2D eigenvalue weighted by Gasteiger charge is 2.23. The van der Waals surface area contributed by atoms with E-state index in [1.54, 1.807) is 12.4 Å². The van der Waals surface area contributed by atoms with Crippen LogP contribution in [-0.2, 0) is 6.42 Å². The molecule has 5 aromatic rings. The number of amides is 1. The van der Waals surface area contributed by atoms with Crippen LogP contribution in [0.2, 0.25) is 0 Å². The Morgan fingerprint density at radius 2 is 1.77 bits per heavy atom. The molecule has 2 N–H and O–H groups in total. The number of anilines is 1. The van der Waals surface area contributed by atoms with Gasteiger partial charge < -0.3 is 14.8 Å². The van der Waals surface area contributed by atoms with Crippen LogP contribution in [0, 0.1) is 0 Å². The SMILES string of the molecule is O=C(c1cccc(Cc2n[nH]c(=O)c3ccccc23)c1)N1CCN(c2ccc3[nH]cnc3n2)CC1. The van der Waals surface area contributed by atoms with E-state index < -0.39 is 0 Å². The number of piperazine rings is 1. The molecule has 4 heterocycles. The van der Waals surface area contributed by atoms with Crippen LogP contribution in [0.25, 0.3) is 21.9 Å². The predicted octanol–water partition coefficient (Wildman–Crippen LogP) is 2.75. The molecular formula is C26H23N7O2. The highest BCUT2D eigenvalue weighted by molar-refractivity contribution is 5.94. The molecule has 0 aliphatic carbocycles. The van der Waals surface area contributed by atoms with Crippen LogP contribution in [0.15, 0.2) is 71.8 Å². The van der Waals surface area contributed by atoms with Gasteiger partial charge in [0.2, 0.25) is 0 Å². The fourth-order valence-corrected chi connectivity index (χ4v) is 4.62. The second kappa shape index (κ2) is 8.68. The minimum Gasteiger partial charge on any atom is -0.353 e. The predicted molar refractivity (Wildman–Crippen MR) is 134 cm³/mol. The van der Waals surface area contributed by atoms with E-state index in [-0.39, 0.29) is 11.5 Å². The van der Waals surface area contributed by atoms with E-state index in [1.807, 2.05) is 59.5 Å². The minimum absolute atomic E-state index is 0.0153. The maximum Gasteiger partial charge on any atom is 0.272 e. The largest absolute Gasteiger partial charge is 0.353 e. The summed E-state index contributed by atoms with van der Waals surface area (Å²) in [5.41, 5.74) is 3.80. The number of hydrogen-bond donors (Lipinski definition) is 2. The summed E-state index contributed by atoms with van der Waals surface area (Å²) in [7, 11) is 0. The number of imidazole rings is 1. The first-order chi connectivity index (χ1) is 17.2. The summed E-state index contributed by atoms with van der Waals surface area (Å²) >= 11 is 0. The number of fused-ring (bicyclic) bond motifs is 2. The van der Waals surface area contributed by atoms with Gasteiger partial charge >= 0.3 is 0 Å². The van der Waals surface area contributed by atoms with Gasteiger partial charge in [0, 0.05) is 43.5 Å². The number of carbonyl (C=O) groups is 1. The van der Waals surface area contributed by atoms with Gasteiger partial charge in [0.25, 0.3) is 11.5 Å². The average Bonchev–Trinajstić information content (AvgIpc) is 3.38. The number of H-pyrrole nitrogens is 2. The molecule has 0 spiro atoms. The third-order valence-corrected chi connectivity index (χ3v) is 6.48. The fraction of sp³-hybridized carbons (Fsp3) is 0.192. The van der Waals surface area contributed by atoms with Gasteiger partial charge in [0.15, 0.2) is 5.65 Å². The van der Waals surface area contributed by atoms with E-state index in [1.165, 1.54) is 0 Å². The van der Waals surface area contributed by atoms with Crippen molar-refractivity contribution in [3.8, 4) is 0 Å². The molecule has 3 aromatic heterocycles. The summed E-state index contributed by atoms with van der Waals surface area (Å²) in [6.07, 6.45) is 2.16. The molecule has 174 valence electrons. The van der Waals surface area contributed by atoms with Crippen molar-refractivity contribution in [1.82, 2.24) is 30.0 Å². The number of aromatic amines is 2. The van der Waals surface area contributed by atoms with Gasteiger partial charge in [-0.1, -0.05) is 30.3 Å². The van der Waals surface area contributed by atoms with E-state index in [0.717, 1.165) is 28.0 Å². The lowest BCUT2D eigenvalue weighted by atomic mass is 10.0. The lowest BCUT2D eigenvalue weighted by molar-refractivity contribution is 0.0746. The molecule has 1 saturated heterocycles. The van der Waals surface area contributed by atoms with Crippen LogP contribution < -0.4 is 10.5 Å². The van der Waals surface area contributed by atoms with E-state index >= 15 is 0 Å². The molecule has 6 rings (SSSR count). The van der Waals surface area contributed by atoms with Crippen LogP contribution in [0.3, 0.4) is 0 Å². The summed E-state index contributed by atoms with van der Waals surface area (Å²) in [6.45, 7) is 2.66. The average molecular weight is 466 g/mol. The van der Waals surface area contributed by atoms with Gasteiger partial charge in [0.05, 0.1) is 22.9 Å². The van der Waals surface area contributed by atoms with Crippen LogP contribution >= 0.6 is 0 Å². The topological polar surface area (TPSA) is 111 Å². The third kappa shape index (κ3) is 4.01. The zero-order valence-corrected chi connectivity index (χ0v) is 18.9. The zero-order chi connectivity index (χ0) is 23.8. The molecule has 0 saturated carbocycles. The van der Waals surface area contributed by atoms with Gasteiger partial charge in [-0.2, -0.15) is 5.10 Å². The first kappa shape index (κ1) is 21.0. The molecule has 0 atom stereocenters. The maximum absolute atomic E-state index is 13.3. The van der Waals surface area contributed by atoms with Gasteiger partial charge in [-0.25, -0.2) is 15.1 Å². The Kier molecular flexibility index (Phi) is 5.21. The van der Waals surface area contributed by atoms with Crippen LogP contribution in [0.4, 0.5) is 5.82 Å². The first-order valence-corrected chi connectivity index (χ1v) is 11.6. The third-order valence-electron chi connectivity index (χ3n) is 6.48. The van der Waals surface area contributed by atoms with Crippen molar-refractivity contribution in [2.24, 2.45) is 0 Å². The van der Waals surface area contributed by atoms with Crippen molar-refractivity contribution in [3.05, 3.63) is 94.2 Å². The summed E-state index contributed by atoms with van der Waals surface area (Å²) < 4.78 is 0. The summed E-state index contributed by atoms with van der Waals surface area (Å²) in [6, 6.07) is 19.0. The van der Waals surface area contributed by atoms with E-state index in [2.05, 4.69) is 30.0 Å². The molecule has 0 unspecified atom stereocenters. The number of aromatic nitrogens is 5. The Bertz CT molecular complexity index is 1600. The monoisotopic (exact) mass is 465 g/mol. The molecule has 2 aromatic carbocycles. The van der Waals surface area contributed by atoms with Crippen LogP contribution in [0.5, 0.6) is 0 Å². The van der Waals surface area contributed by atoms with E-state index in [4.69, 9.17) is 0 Å². The van der Waals surface area contributed by atoms with E-state index in [0.29, 0.717) is 49.2 Å². The minimum atomic E-state index is -0.202.